The molecule has 5 heteroatoms. The van der Waals surface area contributed by atoms with Gasteiger partial charge in [-0.05, 0) is 24.0 Å². The first kappa shape index (κ1) is 11.2. The molecular formula is C14H10N4O. The minimum absolute atomic E-state index is 0.363. The van der Waals surface area contributed by atoms with Crippen molar-refractivity contribution in [2.45, 2.75) is 0 Å². The first-order valence-corrected chi connectivity index (χ1v) is 5.71. The molecule has 0 amide bonds. The molecule has 3 aromatic heterocycles. The number of oxazole rings is 1. The van der Waals surface area contributed by atoms with Gasteiger partial charge in [0.15, 0.2) is 5.58 Å². The first-order valence-electron chi connectivity index (χ1n) is 5.71. The molecule has 3 rings (SSSR count). The Bertz CT molecular complexity index is 732. The number of fused-ring (bicyclic) bond motifs is 1. The summed E-state index contributed by atoms with van der Waals surface area (Å²) in [4.78, 5) is 12.4. The fourth-order valence-corrected chi connectivity index (χ4v) is 1.57. The highest BCUT2D eigenvalue weighted by Crippen LogP contribution is 2.12. The minimum Gasteiger partial charge on any atom is -0.430 e. The second-order valence-electron chi connectivity index (χ2n) is 3.79. The molecule has 19 heavy (non-hydrogen) atoms. The molecule has 0 saturated heterocycles. The van der Waals surface area contributed by atoms with Crippen LogP contribution in [0, 0.1) is 11.8 Å². The molecule has 0 aromatic carbocycles. The predicted octanol–water partition coefficient (Wildman–Crippen LogP) is 2.06. The predicted molar refractivity (Wildman–Crippen MR) is 71.6 cm³/mol. The lowest BCUT2D eigenvalue weighted by atomic mass is 10.3. The standard InChI is InChI=1S/C14H10N4O/c1-15-11-3-2-10(17-8-11)4-5-14-18-12-9-16-7-6-13(12)19-14/h2-3,6-9,15H,1H3. The largest absolute Gasteiger partial charge is 0.430 e. The van der Waals surface area contributed by atoms with Crippen LogP contribution in [0.5, 0.6) is 0 Å². The van der Waals surface area contributed by atoms with Crippen LogP contribution in [0.25, 0.3) is 11.1 Å². The van der Waals surface area contributed by atoms with Gasteiger partial charge in [0.25, 0.3) is 5.89 Å². The number of hydrogen-bond donors (Lipinski definition) is 1. The zero-order valence-corrected chi connectivity index (χ0v) is 10.2. The van der Waals surface area contributed by atoms with Crippen molar-refractivity contribution in [1.82, 2.24) is 15.0 Å². The molecule has 0 aliphatic carbocycles. The van der Waals surface area contributed by atoms with Crippen molar-refractivity contribution in [3.63, 3.8) is 0 Å². The first-order chi connectivity index (χ1) is 9.35. The molecular weight excluding hydrogens is 240 g/mol. The smallest absolute Gasteiger partial charge is 0.274 e. The molecule has 0 aliphatic rings. The van der Waals surface area contributed by atoms with Gasteiger partial charge in [0.2, 0.25) is 0 Å². The Kier molecular flexibility index (Phi) is 2.83. The molecule has 3 aromatic rings. The lowest BCUT2D eigenvalue weighted by Crippen LogP contribution is -1.89. The van der Waals surface area contributed by atoms with E-state index in [1.165, 1.54) is 0 Å². The van der Waals surface area contributed by atoms with Gasteiger partial charge in [0.1, 0.15) is 11.2 Å². The highest BCUT2D eigenvalue weighted by molar-refractivity contribution is 5.71. The Morgan fingerprint density at radius 2 is 2.11 bits per heavy atom. The van der Waals surface area contributed by atoms with Gasteiger partial charge in [-0.3, -0.25) is 4.98 Å². The summed E-state index contributed by atoms with van der Waals surface area (Å²) in [6.07, 6.45) is 5.02. The number of rotatable bonds is 1. The van der Waals surface area contributed by atoms with Crippen LogP contribution >= 0.6 is 0 Å². The van der Waals surface area contributed by atoms with Crippen LogP contribution in [0.15, 0.2) is 41.2 Å². The molecule has 0 aliphatic heterocycles. The minimum atomic E-state index is 0.363. The van der Waals surface area contributed by atoms with Crippen molar-refractivity contribution in [1.29, 1.82) is 0 Å². The molecule has 5 nitrogen and oxygen atoms in total. The Balaban J connectivity index is 1.89. The summed E-state index contributed by atoms with van der Waals surface area (Å²) in [7, 11) is 1.84. The number of pyridine rings is 2. The van der Waals surface area contributed by atoms with Crippen LogP contribution in [0.3, 0.4) is 0 Å². The van der Waals surface area contributed by atoms with Crippen molar-refractivity contribution in [3.8, 4) is 11.8 Å². The summed E-state index contributed by atoms with van der Waals surface area (Å²) < 4.78 is 5.47. The van der Waals surface area contributed by atoms with Crippen molar-refractivity contribution in [3.05, 3.63) is 48.4 Å². The van der Waals surface area contributed by atoms with Gasteiger partial charge in [-0.1, -0.05) is 0 Å². The lowest BCUT2D eigenvalue weighted by Gasteiger charge is -1.96. The van der Waals surface area contributed by atoms with Crippen LogP contribution in [0.4, 0.5) is 5.69 Å². The van der Waals surface area contributed by atoms with Crippen molar-refractivity contribution >= 4 is 16.8 Å². The lowest BCUT2D eigenvalue weighted by molar-refractivity contribution is 0.586. The topological polar surface area (TPSA) is 63.8 Å². The third kappa shape index (κ3) is 2.38. The highest BCUT2D eigenvalue weighted by atomic mass is 16.3. The van der Waals surface area contributed by atoms with Crippen LogP contribution < -0.4 is 5.32 Å². The maximum absolute atomic E-state index is 5.47. The molecule has 92 valence electrons. The van der Waals surface area contributed by atoms with Crippen molar-refractivity contribution < 1.29 is 4.42 Å². The van der Waals surface area contributed by atoms with Crippen molar-refractivity contribution in [2.75, 3.05) is 12.4 Å². The van der Waals surface area contributed by atoms with E-state index >= 15 is 0 Å². The number of hydrogen-bond acceptors (Lipinski definition) is 5. The zero-order valence-electron chi connectivity index (χ0n) is 10.2. The number of aromatic nitrogens is 3. The highest BCUT2D eigenvalue weighted by Gasteiger charge is 2.01. The average molecular weight is 250 g/mol. The van der Waals surface area contributed by atoms with E-state index in [1.807, 2.05) is 19.2 Å². The Labute approximate surface area is 109 Å². The van der Waals surface area contributed by atoms with E-state index in [1.54, 1.807) is 24.7 Å². The van der Waals surface area contributed by atoms with Gasteiger partial charge in [-0.2, -0.15) is 0 Å². The monoisotopic (exact) mass is 250 g/mol. The Morgan fingerprint density at radius 3 is 2.84 bits per heavy atom. The maximum Gasteiger partial charge on any atom is 0.274 e. The van der Waals surface area contributed by atoms with E-state index in [2.05, 4.69) is 32.1 Å². The van der Waals surface area contributed by atoms with Crippen LogP contribution in [-0.2, 0) is 0 Å². The summed E-state index contributed by atoms with van der Waals surface area (Å²) in [6, 6.07) is 5.50. The zero-order chi connectivity index (χ0) is 13.1. The van der Waals surface area contributed by atoms with E-state index in [-0.39, 0.29) is 0 Å². The maximum atomic E-state index is 5.47. The summed E-state index contributed by atoms with van der Waals surface area (Å²) in [6.45, 7) is 0. The van der Waals surface area contributed by atoms with E-state index in [0.29, 0.717) is 22.7 Å². The molecule has 1 N–H and O–H groups in total. The quantitative estimate of drug-likeness (QED) is 0.670. The molecule has 3 heterocycles. The molecule has 0 fully saturated rings. The van der Waals surface area contributed by atoms with Gasteiger partial charge in [0, 0.05) is 19.3 Å². The third-order valence-corrected chi connectivity index (χ3v) is 2.54. The van der Waals surface area contributed by atoms with E-state index in [9.17, 15) is 0 Å². The normalized spacial score (nSPS) is 9.95. The Hall–Kier alpha value is -2.87. The second-order valence-corrected chi connectivity index (χ2v) is 3.79. The molecule has 0 bridgehead atoms. The van der Waals surface area contributed by atoms with E-state index in [4.69, 9.17) is 4.42 Å². The fraction of sp³-hybridized carbons (Fsp3) is 0.0714. The summed E-state index contributed by atoms with van der Waals surface area (Å²) in [5, 5.41) is 3.00. The summed E-state index contributed by atoms with van der Waals surface area (Å²) in [5.41, 5.74) is 2.99. The molecule has 0 unspecified atom stereocenters. The average Bonchev–Trinajstić information content (AvgIpc) is 2.88. The van der Waals surface area contributed by atoms with Crippen LogP contribution in [-0.4, -0.2) is 22.0 Å². The molecule has 0 spiro atoms. The SMILES string of the molecule is CNc1ccc(C#Cc2nc3cnccc3o2)nc1. The number of anilines is 1. The van der Waals surface area contributed by atoms with Crippen molar-refractivity contribution in [2.24, 2.45) is 0 Å². The molecule has 0 saturated carbocycles. The molecule has 0 radical (unpaired) electrons. The summed E-state index contributed by atoms with van der Waals surface area (Å²) in [5.74, 6) is 6.12. The second kappa shape index (κ2) is 4.78. The fourth-order valence-electron chi connectivity index (χ4n) is 1.57. The Morgan fingerprint density at radius 1 is 1.16 bits per heavy atom. The van der Waals surface area contributed by atoms with Gasteiger partial charge in [0.05, 0.1) is 18.1 Å². The van der Waals surface area contributed by atoms with Gasteiger partial charge < -0.3 is 9.73 Å². The van der Waals surface area contributed by atoms with Crippen LogP contribution in [0.1, 0.15) is 11.6 Å². The third-order valence-electron chi connectivity index (χ3n) is 2.54. The number of nitrogens with zero attached hydrogens (tertiary/aromatic N) is 3. The van der Waals surface area contributed by atoms with E-state index < -0.39 is 0 Å². The van der Waals surface area contributed by atoms with Gasteiger partial charge in [-0.25, -0.2) is 9.97 Å². The van der Waals surface area contributed by atoms with Gasteiger partial charge >= 0.3 is 0 Å². The van der Waals surface area contributed by atoms with E-state index in [0.717, 1.165) is 5.69 Å². The van der Waals surface area contributed by atoms with Crippen LogP contribution in [0.2, 0.25) is 0 Å². The summed E-state index contributed by atoms with van der Waals surface area (Å²) >= 11 is 0. The molecule has 0 atom stereocenters. The number of nitrogens with one attached hydrogen (secondary N) is 1. The van der Waals surface area contributed by atoms with Gasteiger partial charge in [-0.15, -0.1) is 0 Å².